The van der Waals surface area contributed by atoms with Gasteiger partial charge in [-0.3, -0.25) is 0 Å². The van der Waals surface area contributed by atoms with Crippen LogP contribution in [0.4, 0.5) is 5.13 Å². The van der Waals surface area contributed by atoms with Gasteiger partial charge in [-0.2, -0.15) is 0 Å². The Kier molecular flexibility index (Phi) is 3.46. The van der Waals surface area contributed by atoms with Gasteiger partial charge in [0.25, 0.3) is 0 Å². The van der Waals surface area contributed by atoms with Crippen LogP contribution in [0.25, 0.3) is 0 Å². The van der Waals surface area contributed by atoms with Gasteiger partial charge in [-0.05, 0) is 20.8 Å². The summed E-state index contributed by atoms with van der Waals surface area (Å²) in [4.78, 5) is 16.5. The molecular formula is C9H14N2O2S. The number of rotatable bonds is 3. The lowest BCUT2D eigenvalue weighted by Gasteiger charge is -2.09. The summed E-state index contributed by atoms with van der Waals surface area (Å²) in [5, 5.41) is 3.75. The van der Waals surface area contributed by atoms with E-state index in [9.17, 15) is 4.79 Å². The van der Waals surface area contributed by atoms with Gasteiger partial charge in [-0.25, -0.2) is 9.78 Å². The summed E-state index contributed by atoms with van der Waals surface area (Å²) < 4.78 is 4.60. The highest BCUT2D eigenvalue weighted by molar-refractivity contribution is 7.15. The highest BCUT2D eigenvalue weighted by atomic mass is 32.1. The quantitative estimate of drug-likeness (QED) is 0.779. The van der Waals surface area contributed by atoms with E-state index in [0.29, 0.717) is 0 Å². The van der Waals surface area contributed by atoms with Crippen molar-refractivity contribution in [3.63, 3.8) is 0 Å². The zero-order chi connectivity index (χ0) is 10.7. The van der Waals surface area contributed by atoms with E-state index in [0.717, 1.165) is 15.7 Å². The van der Waals surface area contributed by atoms with Gasteiger partial charge < -0.3 is 10.1 Å². The van der Waals surface area contributed by atoms with Crippen LogP contribution in [0.3, 0.4) is 0 Å². The number of anilines is 1. The molecule has 1 aromatic heterocycles. The minimum atomic E-state index is -0.357. The SMILES string of the molecule is COC(=O)C(C)Nc1nc(C)c(C)s1. The number of thiazole rings is 1. The normalized spacial score (nSPS) is 12.3. The number of carbonyl (C=O) groups is 1. The van der Waals surface area contributed by atoms with Crippen molar-refractivity contribution in [2.24, 2.45) is 0 Å². The van der Waals surface area contributed by atoms with Crippen LogP contribution in [0.15, 0.2) is 0 Å². The Balaban J connectivity index is 2.64. The first kappa shape index (κ1) is 11.0. The molecule has 0 fully saturated rings. The fourth-order valence-electron chi connectivity index (χ4n) is 0.955. The molecule has 4 nitrogen and oxygen atoms in total. The fourth-order valence-corrected chi connectivity index (χ4v) is 1.86. The minimum Gasteiger partial charge on any atom is -0.467 e. The summed E-state index contributed by atoms with van der Waals surface area (Å²) in [6.45, 7) is 5.69. The van der Waals surface area contributed by atoms with Gasteiger partial charge in [0.05, 0.1) is 12.8 Å². The van der Waals surface area contributed by atoms with Crippen LogP contribution >= 0.6 is 11.3 Å². The molecule has 78 valence electrons. The lowest BCUT2D eigenvalue weighted by molar-refractivity contribution is -0.141. The van der Waals surface area contributed by atoms with Crippen LogP contribution in [0, 0.1) is 13.8 Å². The number of carbonyl (C=O) groups excluding carboxylic acids is 1. The maximum absolute atomic E-state index is 11.1. The number of hydrogen-bond donors (Lipinski definition) is 1. The molecule has 0 saturated carbocycles. The van der Waals surface area contributed by atoms with Crippen molar-refractivity contribution in [2.75, 3.05) is 12.4 Å². The van der Waals surface area contributed by atoms with E-state index in [1.165, 1.54) is 7.11 Å². The number of methoxy groups -OCH3 is 1. The molecule has 5 heteroatoms. The van der Waals surface area contributed by atoms with Crippen molar-refractivity contribution in [2.45, 2.75) is 26.8 Å². The third-order valence-electron chi connectivity index (χ3n) is 1.92. The molecule has 0 spiro atoms. The molecule has 1 atom stereocenters. The zero-order valence-electron chi connectivity index (χ0n) is 8.75. The molecule has 1 unspecified atom stereocenters. The Bertz CT molecular complexity index is 316. The first-order valence-corrected chi connectivity index (χ1v) is 5.14. The molecular weight excluding hydrogens is 200 g/mol. The summed E-state index contributed by atoms with van der Waals surface area (Å²) in [5.74, 6) is -0.282. The van der Waals surface area contributed by atoms with Gasteiger partial charge in [0.15, 0.2) is 5.13 Å². The smallest absolute Gasteiger partial charge is 0.328 e. The Morgan fingerprint density at radius 2 is 2.21 bits per heavy atom. The average molecular weight is 214 g/mol. The van der Waals surface area contributed by atoms with E-state index in [-0.39, 0.29) is 12.0 Å². The first-order valence-electron chi connectivity index (χ1n) is 4.33. The summed E-state index contributed by atoms with van der Waals surface area (Å²) in [5.41, 5.74) is 0.995. The predicted octanol–water partition coefficient (Wildman–Crippen LogP) is 1.73. The number of esters is 1. The van der Waals surface area contributed by atoms with Crippen LogP contribution in [-0.4, -0.2) is 24.1 Å². The number of aryl methyl sites for hydroxylation is 2. The van der Waals surface area contributed by atoms with Gasteiger partial charge in [0.2, 0.25) is 0 Å². The van der Waals surface area contributed by atoms with Crippen molar-refractivity contribution in [3.8, 4) is 0 Å². The minimum absolute atomic E-state index is 0.282. The second-order valence-corrected chi connectivity index (χ2v) is 4.25. The van der Waals surface area contributed by atoms with Crippen molar-refractivity contribution < 1.29 is 9.53 Å². The lowest BCUT2D eigenvalue weighted by atomic mass is 10.3. The van der Waals surface area contributed by atoms with E-state index in [2.05, 4.69) is 15.0 Å². The highest BCUT2D eigenvalue weighted by Gasteiger charge is 2.14. The standard InChI is InChI=1S/C9H14N2O2S/c1-5-7(3)14-9(10-5)11-6(2)8(12)13-4/h6H,1-4H3,(H,10,11). The Morgan fingerprint density at radius 1 is 1.57 bits per heavy atom. The number of nitrogens with zero attached hydrogens (tertiary/aromatic N) is 1. The molecule has 1 heterocycles. The van der Waals surface area contributed by atoms with Crippen molar-refractivity contribution in [1.29, 1.82) is 0 Å². The molecule has 0 bridgehead atoms. The monoisotopic (exact) mass is 214 g/mol. The number of hydrogen-bond acceptors (Lipinski definition) is 5. The molecule has 1 aromatic rings. The predicted molar refractivity (Wildman–Crippen MR) is 56.7 cm³/mol. The molecule has 1 N–H and O–H groups in total. The molecule has 0 saturated heterocycles. The molecule has 0 aromatic carbocycles. The number of ether oxygens (including phenoxy) is 1. The Hall–Kier alpha value is -1.10. The van der Waals surface area contributed by atoms with Gasteiger partial charge in [-0.15, -0.1) is 11.3 Å². The van der Waals surface area contributed by atoms with Gasteiger partial charge >= 0.3 is 5.97 Å². The lowest BCUT2D eigenvalue weighted by Crippen LogP contribution is -2.26. The maximum Gasteiger partial charge on any atom is 0.328 e. The molecule has 1 rings (SSSR count). The van der Waals surface area contributed by atoms with Gasteiger partial charge in [0.1, 0.15) is 6.04 Å². The molecule has 0 radical (unpaired) electrons. The first-order chi connectivity index (χ1) is 6.54. The third kappa shape index (κ3) is 2.45. The van der Waals surface area contributed by atoms with Crippen LogP contribution in [0.5, 0.6) is 0 Å². The molecule has 14 heavy (non-hydrogen) atoms. The summed E-state index contributed by atoms with van der Waals surface area (Å²) in [6.07, 6.45) is 0. The Morgan fingerprint density at radius 3 is 2.64 bits per heavy atom. The molecule has 0 aliphatic heterocycles. The van der Waals surface area contributed by atoms with Crippen molar-refractivity contribution in [1.82, 2.24) is 4.98 Å². The van der Waals surface area contributed by atoms with E-state index in [1.807, 2.05) is 13.8 Å². The van der Waals surface area contributed by atoms with Crippen molar-refractivity contribution >= 4 is 22.4 Å². The third-order valence-corrected chi connectivity index (χ3v) is 2.93. The van der Waals surface area contributed by atoms with Gasteiger partial charge in [-0.1, -0.05) is 0 Å². The largest absolute Gasteiger partial charge is 0.467 e. The second kappa shape index (κ2) is 4.41. The number of aromatic nitrogens is 1. The van der Waals surface area contributed by atoms with Crippen LogP contribution in [-0.2, 0) is 9.53 Å². The molecule has 0 amide bonds. The average Bonchev–Trinajstić information content (AvgIpc) is 2.44. The summed E-state index contributed by atoms with van der Waals surface area (Å²) in [6, 6.07) is -0.357. The summed E-state index contributed by atoms with van der Waals surface area (Å²) >= 11 is 1.54. The highest BCUT2D eigenvalue weighted by Crippen LogP contribution is 2.21. The van der Waals surface area contributed by atoms with E-state index in [4.69, 9.17) is 0 Å². The van der Waals surface area contributed by atoms with Crippen LogP contribution < -0.4 is 5.32 Å². The van der Waals surface area contributed by atoms with E-state index < -0.39 is 0 Å². The zero-order valence-corrected chi connectivity index (χ0v) is 9.57. The molecule has 0 aliphatic carbocycles. The van der Waals surface area contributed by atoms with E-state index in [1.54, 1.807) is 18.3 Å². The van der Waals surface area contributed by atoms with E-state index >= 15 is 0 Å². The fraction of sp³-hybridized carbons (Fsp3) is 0.556. The van der Waals surface area contributed by atoms with Gasteiger partial charge in [0, 0.05) is 4.88 Å². The van der Waals surface area contributed by atoms with Crippen LogP contribution in [0.2, 0.25) is 0 Å². The van der Waals surface area contributed by atoms with Crippen LogP contribution in [0.1, 0.15) is 17.5 Å². The molecule has 0 aliphatic rings. The second-order valence-electron chi connectivity index (χ2n) is 3.05. The maximum atomic E-state index is 11.1. The summed E-state index contributed by atoms with van der Waals surface area (Å²) in [7, 11) is 1.37. The van der Waals surface area contributed by atoms with Crippen molar-refractivity contribution in [3.05, 3.63) is 10.6 Å². The topological polar surface area (TPSA) is 51.2 Å². The number of nitrogens with one attached hydrogen (secondary N) is 1. The Labute approximate surface area is 87.3 Å².